The van der Waals surface area contributed by atoms with Crippen LogP contribution >= 0.6 is 0 Å². The summed E-state index contributed by atoms with van der Waals surface area (Å²) in [7, 11) is 0. The Morgan fingerprint density at radius 3 is 2.89 bits per heavy atom. The van der Waals surface area contributed by atoms with Gasteiger partial charge in [-0.1, -0.05) is 12.7 Å². The maximum Gasteiger partial charge on any atom is 0.335 e. The van der Waals surface area contributed by atoms with E-state index in [9.17, 15) is 9.59 Å². The van der Waals surface area contributed by atoms with E-state index in [0.29, 0.717) is 19.6 Å². The maximum absolute atomic E-state index is 11.5. The number of likely N-dealkylation sites (tertiary alicyclic amines) is 1. The molecule has 0 aromatic rings. The highest BCUT2D eigenvalue weighted by Crippen LogP contribution is 2.08. The predicted octanol–water partition coefficient (Wildman–Crippen LogP) is 0.911. The molecule has 0 saturated carbocycles. The molecule has 0 radical (unpaired) electrons. The van der Waals surface area contributed by atoms with Gasteiger partial charge in [0.1, 0.15) is 6.61 Å². The zero-order valence-corrected chi connectivity index (χ0v) is 10.5. The third-order valence-electron chi connectivity index (χ3n) is 2.57. The van der Waals surface area contributed by atoms with Crippen LogP contribution in [0.2, 0.25) is 0 Å². The van der Waals surface area contributed by atoms with Gasteiger partial charge in [0.05, 0.1) is 25.3 Å². The monoisotopic (exact) mass is 253 g/mol. The van der Waals surface area contributed by atoms with Crippen LogP contribution in [0.25, 0.3) is 0 Å². The first-order chi connectivity index (χ1) is 8.65. The number of carbonyl (C=O) groups is 2. The van der Waals surface area contributed by atoms with E-state index in [1.807, 2.05) is 0 Å². The largest absolute Gasteiger partial charge is 0.460 e. The minimum absolute atomic E-state index is 0.124. The highest BCUT2D eigenvalue weighted by Gasteiger charge is 2.20. The number of hydrogen-bond donors (Lipinski definition) is 0. The number of amides is 1. The molecule has 18 heavy (non-hydrogen) atoms. The van der Waals surface area contributed by atoms with Crippen molar-refractivity contribution in [2.24, 2.45) is 0 Å². The first-order valence-electron chi connectivity index (χ1n) is 5.96. The van der Waals surface area contributed by atoms with E-state index >= 15 is 0 Å². The van der Waals surface area contributed by atoms with Crippen molar-refractivity contribution >= 4 is 11.9 Å². The van der Waals surface area contributed by atoms with Crippen LogP contribution in [0.4, 0.5) is 0 Å². The Bertz CT molecular complexity index is 338. The average molecular weight is 253 g/mol. The Kier molecular flexibility index (Phi) is 6.14. The van der Waals surface area contributed by atoms with Gasteiger partial charge in [0, 0.05) is 13.0 Å². The summed E-state index contributed by atoms with van der Waals surface area (Å²) < 4.78 is 10.1. The van der Waals surface area contributed by atoms with Crippen molar-refractivity contribution in [3.63, 3.8) is 0 Å². The fourth-order valence-corrected chi connectivity index (χ4v) is 1.62. The smallest absolute Gasteiger partial charge is 0.335 e. The van der Waals surface area contributed by atoms with Gasteiger partial charge in [0.15, 0.2) is 0 Å². The molecule has 0 aromatic heterocycles. The van der Waals surface area contributed by atoms with Gasteiger partial charge >= 0.3 is 5.97 Å². The summed E-state index contributed by atoms with van der Waals surface area (Å²) in [5, 5.41) is 0. The molecule has 1 saturated heterocycles. The van der Waals surface area contributed by atoms with Crippen LogP contribution in [0.1, 0.15) is 12.8 Å². The Balaban J connectivity index is 2.14. The van der Waals surface area contributed by atoms with Crippen LogP contribution in [0.5, 0.6) is 0 Å². The Hall–Kier alpha value is -1.62. The maximum atomic E-state index is 11.5. The summed E-state index contributed by atoms with van der Waals surface area (Å²) in [6.07, 6.45) is 3.07. The van der Waals surface area contributed by atoms with Crippen molar-refractivity contribution in [3.8, 4) is 0 Å². The second-order valence-corrected chi connectivity index (χ2v) is 4.03. The minimum Gasteiger partial charge on any atom is -0.460 e. The zero-order valence-electron chi connectivity index (χ0n) is 10.5. The fraction of sp³-hybridized carbons (Fsp3) is 0.538. The molecule has 1 amide bonds. The van der Waals surface area contributed by atoms with E-state index in [-0.39, 0.29) is 24.7 Å². The summed E-state index contributed by atoms with van der Waals surface area (Å²) in [4.78, 5) is 24.5. The third kappa shape index (κ3) is 4.71. The summed E-state index contributed by atoms with van der Waals surface area (Å²) in [5.41, 5.74) is 0.268. The standard InChI is InChI=1S/C13H19NO4/c1-3-8-17-10-11(2)13(16)18-9-7-14-6-4-5-12(14)15/h3H,1-2,4-10H2. The quantitative estimate of drug-likeness (QED) is 0.279. The van der Waals surface area contributed by atoms with Gasteiger partial charge in [0.25, 0.3) is 0 Å². The summed E-state index contributed by atoms with van der Waals surface area (Å²) in [6, 6.07) is 0. The highest BCUT2D eigenvalue weighted by molar-refractivity contribution is 5.88. The zero-order chi connectivity index (χ0) is 13.4. The molecular formula is C13H19NO4. The molecule has 1 heterocycles. The predicted molar refractivity (Wildman–Crippen MR) is 66.9 cm³/mol. The normalized spacial score (nSPS) is 14.7. The molecule has 0 aromatic carbocycles. The van der Waals surface area contributed by atoms with E-state index in [2.05, 4.69) is 13.2 Å². The lowest BCUT2D eigenvalue weighted by Crippen LogP contribution is -2.29. The van der Waals surface area contributed by atoms with Gasteiger partial charge in [0.2, 0.25) is 5.91 Å². The van der Waals surface area contributed by atoms with Crippen LogP contribution in [-0.4, -0.2) is 49.7 Å². The molecule has 1 aliphatic rings. The second kappa shape index (κ2) is 7.66. The lowest BCUT2D eigenvalue weighted by atomic mass is 10.3. The fourth-order valence-electron chi connectivity index (χ4n) is 1.62. The highest BCUT2D eigenvalue weighted by atomic mass is 16.5. The molecule has 100 valence electrons. The minimum atomic E-state index is -0.481. The Labute approximate surface area is 107 Å². The Morgan fingerprint density at radius 2 is 2.28 bits per heavy atom. The number of nitrogens with zero attached hydrogens (tertiary/aromatic N) is 1. The number of hydrogen-bond acceptors (Lipinski definition) is 4. The van der Waals surface area contributed by atoms with E-state index in [1.54, 1.807) is 11.0 Å². The van der Waals surface area contributed by atoms with Crippen molar-refractivity contribution in [3.05, 3.63) is 24.8 Å². The van der Waals surface area contributed by atoms with Crippen LogP contribution in [0.15, 0.2) is 24.8 Å². The van der Waals surface area contributed by atoms with Crippen molar-refractivity contribution in [2.75, 3.05) is 32.9 Å². The Morgan fingerprint density at radius 1 is 1.50 bits per heavy atom. The van der Waals surface area contributed by atoms with Crippen LogP contribution in [-0.2, 0) is 19.1 Å². The number of esters is 1. The van der Waals surface area contributed by atoms with E-state index in [1.165, 1.54) is 0 Å². The van der Waals surface area contributed by atoms with Crippen LogP contribution < -0.4 is 0 Å². The van der Waals surface area contributed by atoms with Crippen molar-refractivity contribution in [1.29, 1.82) is 0 Å². The molecule has 1 fully saturated rings. The lowest BCUT2D eigenvalue weighted by molar-refractivity contribution is -0.141. The molecule has 5 heteroatoms. The van der Waals surface area contributed by atoms with Gasteiger partial charge < -0.3 is 14.4 Å². The number of carbonyl (C=O) groups excluding carboxylic acids is 2. The summed E-state index contributed by atoms with van der Waals surface area (Å²) in [5.74, 6) is -0.357. The van der Waals surface area contributed by atoms with Gasteiger partial charge in [-0.3, -0.25) is 4.79 Å². The number of rotatable bonds is 8. The lowest BCUT2D eigenvalue weighted by Gasteiger charge is -2.15. The third-order valence-corrected chi connectivity index (χ3v) is 2.57. The van der Waals surface area contributed by atoms with Crippen molar-refractivity contribution < 1.29 is 19.1 Å². The summed E-state index contributed by atoms with van der Waals surface area (Å²) in [6.45, 7) is 8.97. The van der Waals surface area contributed by atoms with E-state index < -0.39 is 5.97 Å². The van der Waals surface area contributed by atoms with Gasteiger partial charge in [-0.25, -0.2) is 4.79 Å². The molecule has 0 unspecified atom stereocenters. The topological polar surface area (TPSA) is 55.8 Å². The average Bonchev–Trinajstić information content (AvgIpc) is 2.75. The molecule has 1 aliphatic heterocycles. The molecule has 5 nitrogen and oxygen atoms in total. The van der Waals surface area contributed by atoms with Gasteiger partial charge in [-0.2, -0.15) is 0 Å². The SMILES string of the molecule is C=CCOCC(=C)C(=O)OCCN1CCCC1=O. The molecule has 0 N–H and O–H groups in total. The summed E-state index contributed by atoms with van der Waals surface area (Å²) >= 11 is 0. The molecular weight excluding hydrogens is 234 g/mol. The van der Waals surface area contributed by atoms with Crippen LogP contribution in [0.3, 0.4) is 0 Å². The van der Waals surface area contributed by atoms with E-state index in [0.717, 1.165) is 13.0 Å². The van der Waals surface area contributed by atoms with E-state index in [4.69, 9.17) is 9.47 Å². The first-order valence-corrected chi connectivity index (χ1v) is 5.96. The molecule has 0 atom stereocenters. The van der Waals surface area contributed by atoms with Gasteiger partial charge in [-0.05, 0) is 6.42 Å². The molecule has 0 aliphatic carbocycles. The second-order valence-electron chi connectivity index (χ2n) is 4.03. The first kappa shape index (κ1) is 14.4. The molecule has 0 spiro atoms. The van der Waals surface area contributed by atoms with Crippen molar-refractivity contribution in [1.82, 2.24) is 4.90 Å². The molecule has 1 rings (SSSR count). The van der Waals surface area contributed by atoms with Gasteiger partial charge in [-0.15, -0.1) is 6.58 Å². The number of ether oxygens (including phenoxy) is 2. The van der Waals surface area contributed by atoms with Crippen molar-refractivity contribution in [2.45, 2.75) is 12.8 Å². The van der Waals surface area contributed by atoms with Crippen LogP contribution in [0, 0.1) is 0 Å². The molecule has 0 bridgehead atoms.